The van der Waals surface area contributed by atoms with Gasteiger partial charge in [0.05, 0.1) is 23.2 Å². The van der Waals surface area contributed by atoms with Gasteiger partial charge in [-0.2, -0.15) is 0 Å². The van der Waals surface area contributed by atoms with Crippen molar-refractivity contribution in [3.63, 3.8) is 0 Å². The average molecular weight is 366 g/mol. The second-order valence-corrected chi connectivity index (χ2v) is 6.85. The number of imidazole rings is 1. The summed E-state index contributed by atoms with van der Waals surface area (Å²) in [7, 11) is 0. The Labute approximate surface area is 157 Å². The molecule has 1 aliphatic rings. The number of carboxylic acids is 1. The van der Waals surface area contributed by atoms with Gasteiger partial charge in [0.15, 0.2) is 0 Å². The number of carbonyl (C=O) groups is 1. The van der Waals surface area contributed by atoms with E-state index >= 15 is 0 Å². The van der Waals surface area contributed by atoms with E-state index in [0.29, 0.717) is 17.3 Å². The van der Waals surface area contributed by atoms with Crippen molar-refractivity contribution < 1.29 is 19.7 Å². The highest BCUT2D eigenvalue weighted by Crippen LogP contribution is 2.37. The van der Waals surface area contributed by atoms with Crippen molar-refractivity contribution in [1.82, 2.24) is 9.55 Å². The number of aromatic nitrogens is 2. The molecule has 1 fully saturated rings. The monoisotopic (exact) mass is 366 g/mol. The SMILES string of the molecule is O=C(O)c1ccc2c(c1)nc(-c1ccc(OCCO)cc1)n2C1CCCC1. The van der Waals surface area contributed by atoms with Crippen LogP contribution in [0, 0.1) is 0 Å². The average Bonchev–Trinajstić information content (AvgIpc) is 3.33. The Kier molecular flexibility index (Phi) is 4.81. The number of nitrogens with zero attached hydrogens (tertiary/aromatic N) is 2. The standard InChI is InChI=1S/C21H22N2O4/c24-11-12-27-17-8-5-14(6-9-17)20-22-18-13-15(21(25)26)7-10-19(18)23(20)16-3-1-2-4-16/h5-10,13,16,24H,1-4,11-12H2,(H,25,26). The van der Waals surface area contributed by atoms with Gasteiger partial charge in [-0.25, -0.2) is 9.78 Å². The van der Waals surface area contributed by atoms with Crippen LogP contribution in [-0.2, 0) is 0 Å². The number of hydrogen-bond acceptors (Lipinski definition) is 4. The number of aliphatic hydroxyl groups excluding tert-OH is 1. The first-order valence-corrected chi connectivity index (χ1v) is 9.27. The molecule has 0 unspecified atom stereocenters. The molecule has 0 bridgehead atoms. The van der Waals surface area contributed by atoms with Gasteiger partial charge in [-0.05, 0) is 55.3 Å². The first-order chi connectivity index (χ1) is 13.2. The number of aromatic carboxylic acids is 1. The molecule has 0 radical (unpaired) electrons. The lowest BCUT2D eigenvalue weighted by Gasteiger charge is -2.17. The van der Waals surface area contributed by atoms with Crippen LogP contribution in [-0.4, -0.2) is 38.9 Å². The smallest absolute Gasteiger partial charge is 0.335 e. The summed E-state index contributed by atoms with van der Waals surface area (Å²) in [6.45, 7) is 0.239. The third kappa shape index (κ3) is 3.40. The topological polar surface area (TPSA) is 84.6 Å². The van der Waals surface area contributed by atoms with Gasteiger partial charge < -0.3 is 19.5 Å². The lowest BCUT2D eigenvalue weighted by atomic mass is 10.1. The summed E-state index contributed by atoms with van der Waals surface area (Å²) in [6, 6.07) is 13.2. The van der Waals surface area contributed by atoms with Crippen molar-refractivity contribution >= 4 is 17.0 Å². The first kappa shape index (κ1) is 17.5. The van der Waals surface area contributed by atoms with Crippen LogP contribution in [0.3, 0.4) is 0 Å². The van der Waals surface area contributed by atoms with Crippen LogP contribution >= 0.6 is 0 Å². The van der Waals surface area contributed by atoms with E-state index in [1.165, 1.54) is 12.8 Å². The molecule has 1 saturated carbocycles. The molecular weight excluding hydrogens is 344 g/mol. The molecule has 0 spiro atoms. The number of benzene rings is 2. The predicted octanol–water partition coefficient (Wildman–Crippen LogP) is 3.89. The molecule has 0 atom stereocenters. The number of fused-ring (bicyclic) bond motifs is 1. The summed E-state index contributed by atoms with van der Waals surface area (Å²) in [5, 5.41) is 18.2. The first-order valence-electron chi connectivity index (χ1n) is 9.27. The molecule has 3 aromatic rings. The molecule has 1 aromatic heterocycles. The van der Waals surface area contributed by atoms with Crippen molar-refractivity contribution in [2.75, 3.05) is 13.2 Å². The maximum atomic E-state index is 11.3. The lowest BCUT2D eigenvalue weighted by molar-refractivity contribution is 0.0697. The number of carboxylic acid groups (broad SMARTS) is 1. The van der Waals surface area contributed by atoms with Crippen LogP contribution in [0.2, 0.25) is 0 Å². The van der Waals surface area contributed by atoms with Gasteiger partial charge in [0.2, 0.25) is 0 Å². The zero-order chi connectivity index (χ0) is 18.8. The fourth-order valence-corrected chi connectivity index (χ4v) is 3.83. The quantitative estimate of drug-likeness (QED) is 0.691. The van der Waals surface area contributed by atoms with E-state index in [2.05, 4.69) is 4.57 Å². The Bertz CT molecular complexity index is 956. The Morgan fingerprint density at radius 3 is 2.56 bits per heavy atom. The number of rotatable bonds is 6. The molecule has 6 nitrogen and oxygen atoms in total. The minimum Gasteiger partial charge on any atom is -0.491 e. The zero-order valence-corrected chi connectivity index (χ0v) is 15.0. The minimum atomic E-state index is -0.945. The van der Waals surface area contributed by atoms with Crippen molar-refractivity contribution in [3.05, 3.63) is 48.0 Å². The van der Waals surface area contributed by atoms with Gasteiger partial charge in [0, 0.05) is 11.6 Å². The third-order valence-corrected chi connectivity index (χ3v) is 5.10. The summed E-state index contributed by atoms with van der Waals surface area (Å²) in [6.07, 6.45) is 4.61. The molecule has 140 valence electrons. The number of hydrogen-bond donors (Lipinski definition) is 2. The van der Waals surface area contributed by atoms with Crippen LogP contribution in [0.15, 0.2) is 42.5 Å². The summed E-state index contributed by atoms with van der Waals surface area (Å²) in [5.74, 6) is 0.608. The largest absolute Gasteiger partial charge is 0.491 e. The summed E-state index contributed by atoms with van der Waals surface area (Å²) in [4.78, 5) is 16.1. The van der Waals surface area contributed by atoms with Gasteiger partial charge in [0.25, 0.3) is 0 Å². The van der Waals surface area contributed by atoms with E-state index in [9.17, 15) is 9.90 Å². The molecule has 0 aliphatic heterocycles. The van der Waals surface area contributed by atoms with E-state index in [1.54, 1.807) is 12.1 Å². The summed E-state index contributed by atoms with van der Waals surface area (Å²) in [5.41, 5.74) is 2.89. The van der Waals surface area contributed by atoms with Gasteiger partial charge in [-0.15, -0.1) is 0 Å². The molecular formula is C21H22N2O4. The maximum absolute atomic E-state index is 11.3. The van der Waals surface area contributed by atoms with Gasteiger partial charge in [-0.1, -0.05) is 12.8 Å². The van der Waals surface area contributed by atoms with Crippen LogP contribution in [0.5, 0.6) is 5.75 Å². The van der Waals surface area contributed by atoms with E-state index in [4.69, 9.17) is 14.8 Å². The van der Waals surface area contributed by atoms with Crippen LogP contribution < -0.4 is 4.74 Å². The molecule has 1 heterocycles. The van der Waals surface area contributed by atoms with Crippen molar-refractivity contribution in [2.45, 2.75) is 31.7 Å². The third-order valence-electron chi connectivity index (χ3n) is 5.10. The molecule has 1 aliphatic carbocycles. The van der Waals surface area contributed by atoms with Crippen LogP contribution in [0.1, 0.15) is 42.1 Å². The van der Waals surface area contributed by atoms with Crippen molar-refractivity contribution in [1.29, 1.82) is 0 Å². The molecule has 0 saturated heterocycles. The van der Waals surface area contributed by atoms with E-state index < -0.39 is 5.97 Å². The minimum absolute atomic E-state index is 0.0227. The predicted molar refractivity (Wildman–Crippen MR) is 102 cm³/mol. The molecule has 4 rings (SSSR count). The van der Waals surface area contributed by atoms with Crippen molar-refractivity contribution in [2.24, 2.45) is 0 Å². The van der Waals surface area contributed by atoms with Gasteiger partial charge in [0.1, 0.15) is 18.2 Å². The Morgan fingerprint density at radius 1 is 1.15 bits per heavy atom. The Balaban J connectivity index is 1.80. The van der Waals surface area contributed by atoms with Crippen LogP contribution in [0.4, 0.5) is 0 Å². The molecule has 2 N–H and O–H groups in total. The lowest BCUT2D eigenvalue weighted by Crippen LogP contribution is -2.07. The fraction of sp³-hybridized carbons (Fsp3) is 0.333. The zero-order valence-electron chi connectivity index (χ0n) is 15.0. The van der Waals surface area contributed by atoms with E-state index in [0.717, 1.165) is 29.7 Å². The van der Waals surface area contributed by atoms with Gasteiger partial charge in [-0.3, -0.25) is 0 Å². The highest BCUT2D eigenvalue weighted by atomic mass is 16.5. The Hall–Kier alpha value is -2.86. The molecule has 0 amide bonds. The summed E-state index contributed by atoms with van der Waals surface area (Å²) < 4.78 is 7.70. The van der Waals surface area contributed by atoms with Gasteiger partial charge >= 0.3 is 5.97 Å². The second kappa shape index (κ2) is 7.40. The van der Waals surface area contributed by atoms with E-state index in [-0.39, 0.29) is 18.8 Å². The highest BCUT2D eigenvalue weighted by Gasteiger charge is 2.24. The highest BCUT2D eigenvalue weighted by molar-refractivity contribution is 5.93. The molecule has 6 heteroatoms. The maximum Gasteiger partial charge on any atom is 0.335 e. The summed E-state index contributed by atoms with van der Waals surface area (Å²) >= 11 is 0. The van der Waals surface area contributed by atoms with Crippen molar-refractivity contribution in [3.8, 4) is 17.1 Å². The molecule has 27 heavy (non-hydrogen) atoms. The molecule has 2 aromatic carbocycles. The van der Waals surface area contributed by atoms with E-state index in [1.807, 2.05) is 30.3 Å². The second-order valence-electron chi connectivity index (χ2n) is 6.85. The van der Waals surface area contributed by atoms with Crippen LogP contribution in [0.25, 0.3) is 22.4 Å². The number of aliphatic hydroxyl groups is 1. The fourth-order valence-electron chi connectivity index (χ4n) is 3.83. The Morgan fingerprint density at radius 2 is 1.89 bits per heavy atom. The number of ether oxygens (including phenoxy) is 1. The normalized spacial score (nSPS) is 14.7.